The Hall–Kier alpha value is -2.56. The highest BCUT2D eigenvalue weighted by atomic mass is 16.5. The van der Waals surface area contributed by atoms with Gasteiger partial charge in [0.1, 0.15) is 11.3 Å². The smallest absolute Gasteiger partial charge is 0.260 e. The van der Waals surface area contributed by atoms with Crippen molar-refractivity contribution in [3.05, 3.63) is 63.6 Å². The summed E-state index contributed by atoms with van der Waals surface area (Å²) < 4.78 is 5.08. The summed E-state index contributed by atoms with van der Waals surface area (Å²) in [5.41, 5.74) is 1.59. The summed E-state index contributed by atoms with van der Waals surface area (Å²) in [6.07, 6.45) is 0.694. The monoisotopic (exact) mass is 286 g/mol. The van der Waals surface area contributed by atoms with Crippen LogP contribution in [0.2, 0.25) is 0 Å². The number of carbonyl (C=O) groups is 1. The first kappa shape index (κ1) is 14.8. The number of hydrogen-bond acceptors (Lipinski definition) is 3. The predicted octanol–water partition coefficient (Wildman–Crippen LogP) is 1.66. The van der Waals surface area contributed by atoms with E-state index in [0.29, 0.717) is 13.0 Å². The zero-order valence-electron chi connectivity index (χ0n) is 12.1. The molecule has 1 aromatic heterocycles. The molecule has 0 fully saturated rings. The second kappa shape index (κ2) is 6.74. The van der Waals surface area contributed by atoms with Crippen LogP contribution in [0.1, 0.15) is 21.6 Å². The molecule has 5 heteroatoms. The maximum atomic E-state index is 11.9. The molecule has 1 heterocycles. The van der Waals surface area contributed by atoms with Crippen LogP contribution in [0.3, 0.4) is 0 Å². The van der Waals surface area contributed by atoms with E-state index >= 15 is 0 Å². The summed E-state index contributed by atoms with van der Waals surface area (Å²) in [6.45, 7) is 2.24. The Kier molecular flexibility index (Phi) is 4.77. The van der Waals surface area contributed by atoms with Gasteiger partial charge in [0.15, 0.2) is 0 Å². The average Bonchev–Trinajstić information content (AvgIpc) is 2.47. The van der Waals surface area contributed by atoms with E-state index in [2.05, 4.69) is 10.3 Å². The fourth-order valence-corrected chi connectivity index (χ4v) is 1.96. The van der Waals surface area contributed by atoms with E-state index in [9.17, 15) is 9.59 Å². The van der Waals surface area contributed by atoms with Crippen molar-refractivity contribution >= 4 is 5.91 Å². The van der Waals surface area contributed by atoms with Crippen LogP contribution in [0, 0.1) is 6.92 Å². The van der Waals surface area contributed by atoms with E-state index in [-0.39, 0.29) is 17.0 Å². The van der Waals surface area contributed by atoms with E-state index in [1.165, 1.54) is 6.07 Å². The summed E-state index contributed by atoms with van der Waals surface area (Å²) in [6, 6.07) is 10.9. The molecule has 0 spiro atoms. The zero-order chi connectivity index (χ0) is 15.2. The lowest BCUT2D eigenvalue weighted by molar-refractivity contribution is 0.0952. The normalized spacial score (nSPS) is 10.2. The van der Waals surface area contributed by atoms with Crippen LogP contribution in [-0.2, 0) is 6.42 Å². The second-order valence-corrected chi connectivity index (χ2v) is 4.74. The Morgan fingerprint density at radius 1 is 1.19 bits per heavy atom. The van der Waals surface area contributed by atoms with Gasteiger partial charge < -0.3 is 15.0 Å². The first-order valence-electron chi connectivity index (χ1n) is 6.71. The van der Waals surface area contributed by atoms with Gasteiger partial charge in [0.25, 0.3) is 11.5 Å². The Morgan fingerprint density at radius 3 is 2.52 bits per heavy atom. The molecular formula is C16H18N2O3. The number of ether oxygens (including phenoxy) is 1. The van der Waals surface area contributed by atoms with Crippen LogP contribution >= 0.6 is 0 Å². The van der Waals surface area contributed by atoms with E-state index in [0.717, 1.165) is 17.0 Å². The Labute approximate surface area is 123 Å². The topological polar surface area (TPSA) is 71.2 Å². The number of carbonyl (C=O) groups excluding carboxylic acids is 1. The molecule has 110 valence electrons. The van der Waals surface area contributed by atoms with Gasteiger partial charge in [0, 0.05) is 12.2 Å². The first-order chi connectivity index (χ1) is 10.1. The number of pyridine rings is 1. The largest absolute Gasteiger partial charge is 0.497 e. The van der Waals surface area contributed by atoms with Crippen molar-refractivity contribution in [3.63, 3.8) is 0 Å². The van der Waals surface area contributed by atoms with Crippen LogP contribution < -0.4 is 15.6 Å². The zero-order valence-corrected chi connectivity index (χ0v) is 12.1. The number of rotatable bonds is 5. The molecule has 2 aromatic rings. The van der Waals surface area contributed by atoms with Crippen molar-refractivity contribution in [1.82, 2.24) is 10.3 Å². The molecule has 0 aliphatic carbocycles. The summed E-state index contributed by atoms with van der Waals surface area (Å²) in [7, 11) is 1.62. The molecule has 0 saturated heterocycles. The number of aromatic nitrogens is 1. The van der Waals surface area contributed by atoms with Gasteiger partial charge in [-0.25, -0.2) is 0 Å². The predicted molar refractivity (Wildman–Crippen MR) is 80.8 cm³/mol. The van der Waals surface area contributed by atoms with Gasteiger partial charge in [-0.3, -0.25) is 9.59 Å². The fraction of sp³-hybridized carbons (Fsp3) is 0.250. The van der Waals surface area contributed by atoms with E-state index < -0.39 is 0 Å². The molecule has 1 amide bonds. The third-order valence-corrected chi connectivity index (χ3v) is 3.16. The molecule has 0 bridgehead atoms. The minimum Gasteiger partial charge on any atom is -0.497 e. The number of aryl methyl sites for hydroxylation is 1. The number of benzene rings is 1. The van der Waals surface area contributed by atoms with Crippen molar-refractivity contribution in [1.29, 1.82) is 0 Å². The molecule has 5 nitrogen and oxygen atoms in total. The van der Waals surface area contributed by atoms with Crippen molar-refractivity contribution in [2.24, 2.45) is 0 Å². The highest BCUT2D eigenvalue weighted by molar-refractivity contribution is 5.93. The number of amides is 1. The summed E-state index contributed by atoms with van der Waals surface area (Å²) >= 11 is 0. The standard InChI is InChI=1S/C16H18N2O3/c1-11-3-8-14(16(20)18-11)15(19)17-10-9-12-4-6-13(21-2)7-5-12/h3-8H,9-10H2,1-2H3,(H,17,19)(H,18,20). The number of hydrogen-bond donors (Lipinski definition) is 2. The molecule has 0 saturated carbocycles. The molecule has 0 aliphatic rings. The minimum absolute atomic E-state index is 0.135. The Balaban J connectivity index is 1.90. The van der Waals surface area contributed by atoms with Crippen LogP contribution in [0.5, 0.6) is 5.75 Å². The van der Waals surface area contributed by atoms with Gasteiger partial charge in [-0.2, -0.15) is 0 Å². The molecule has 2 rings (SSSR count). The number of aromatic amines is 1. The Morgan fingerprint density at radius 2 is 1.90 bits per heavy atom. The van der Waals surface area contributed by atoms with Gasteiger partial charge in [-0.15, -0.1) is 0 Å². The number of methoxy groups -OCH3 is 1. The summed E-state index contributed by atoms with van der Waals surface area (Å²) in [4.78, 5) is 26.2. The lowest BCUT2D eigenvalue weighted by Crippen LogP contribution is -2.31. The summed E-state index contributed by atoms with van der Waals surface area (Å²) in [5.74, 6) is 0.443. The maximum Gasteiger partial charge on any atom is 0.260 e. The van der Waals surface area contributed by atoms with Crippen LogP contribution in [0.4, 0.5) is 0 Å². The van der Waals surface area contributed by atoms with Crippen LogP contribution in [0.25, 0.3) is 0 Å². The maximum absolute atomic E-state index is 11.9. The molecular weight excluding hydrogens is 268 g/mol. The molecule has 21 heavy (non-hydrogen) atoms. The summed E-state index contributed by atoms with van der Waals surface area (Å²) in [5, 5.41) is 2.75. The van der Waals surface area contributed by atoms with E-state index in [1.54, 1.807) is 20.1 Å². The molecule has 0 atom stereocenters. The number of H-pyrrole nitrogens is 1. The molecule has 0 radical (unpaired) electrons. The average molecular weight is 286 g/mol. The van der Waals surface area contributed by atoms with Gasteiger partial charge in [0.2, 0.25) is 0 Å². The van der Waals surface area contributed by atoms with Gasteiger partial charge in [-0.1, -0.05) is 12.1 Å². The fourth-order valence-electron chi connectivity index (χ4n) is 1.96. The lowest BCUT2D eigenvalue weighted by atomic mass is 10.1. The second-order valence-electron chi connectivity index (χ2n) is 4.74. The van der Waals surface area contributed by atoms with Gasteiger partial charge >= 0.3 is 0 Å². The molecule has 0 unspecified atom stereocenters. The highest BCUT2D eigenvalue weighted by Crippen LogP contribution is 2.11. The van der Waals surface area contributed by atoms with Gasteiger partial charge in [0.05, 0.1) is 7.11 Å². The lowest BCUT2D eigenvalue weighted by Gasteiger charge is -2.06. The molecule has 1 aromatic carbocycles. The van der Waals surface area contributed by atoms with Crippen LogP contribution in [0.15, 0.2) is 41.2 Å². The van der Waals surface area contributed by atoms with Crippen LogP contribution in [-0.4, -0.2) is 24.5 Å². The van der Waals surface area contributed by atoms with Crippen molar-refractivity contribution < 1.29 is 9.53 Å². The van der Waals surface area contributed by atoms with E-state index in [4.69, 9.17) is 4.74 Å². The van der Waals surface area contributed by atoms with Crippen molar-refractivity contribution in [2.75, 3.05) is 13.7 Å². The van der Waals surface area contributed by atoms with Gasteiger partial charge in [-0.05, 0) is 43.2 Å². The molecule has 2 N–H and O–H groups in total. The third kappa shape index (κ3) is 3.95. The Bertz CT molecular complexity index is 675. The quantitative estimate of drug-likeness (QED) is 0.878. The van der Waals surface area contributed by atoms with E-state index in [1.807, 2.05) is 24.3 Å². The minimum atomic E-state index is -0.364. The third-order valence-electron chi connectivity index (χ3n) is 3.16. The first-order valence-corrected chi connectivity index (χ1v) is 6.71. The number of nitrogens with one attached hydrogen (secondary N) is 2. The van der Waals surface area contributed by atoms with Crippen molar-refractivity contribution in [3.8, 4) is 5.75 Å². The molecule has 0 aliphatic heterocycles. The van der Waals surface area contributed by atoms with Crippen molar-refractivity contribution in [2.45, 2.75) is 13.3 Å². The highest BCUT2D eigenvalue weighted by Gasteiger charge is 2.09. The SMILES string of the molecule is COc1ccc(CCNC(=O)c2ccc(C)[nH]c2=O)cc1.